The molecule has 0 unspecified atom stereocenters. The summed E-state index contributed by atoms with van der Waals surface area (Å²) in [6, 6.07) is 4.66. The van der Waals surface area contributed by atoms with Crippen LogP contribution in [-0.4, -0.2) is 19.0 Å². The molecule has 1 saturated heterocycles. The summed E-state index contributed by atoms with van der Waals surface area (Å²) in [6.45, 7) is 2.49. The van der Waals surface area contributed by atoms with E-state index in [4.69, 9.17) is 0 Å². The van der Waals surface area contributed by atoms with Gasteiger partial charge in [0.05, 0.1) is 0 Å². The van der Waals surface area contributed by atoms with Gasteiger partial charge in [0, 0.05) is 17.4 Å². The fourth-order valence-corrected chi connectivity index (χ4v) is 3.02. The fraction of sp³-hybridized carbons (Fsp3) is 0.533. The van der Waals surface area contributed by atoms with Gasteiger partial charge >= 0.3 is 0 Å². The second-order valence-corrected chi connectivity index (χ2v) is 6.20. The number of carbonyl (C=O) groups is 1. The number of piperidine rings is 1. The lowest BCUT2D eigenvalue weighted by Gasteiger charge is -2.22. The van der Waals surface area contributed by atoms with E-state index in [-0.39, 0.29) is 24.1 Å². The van der Waals surface area contributed by atoms with Crippen LogP contribution in [0.4, 0.5) is 4.39 Å². The molecule has 3 nitrogen and oxygen atoms in total. The van der Waals surface area contributed by atoms with Crippen molar-refractivity contribution in [3.05, 3.63) is 34.1 Å². The first-order chi connectivity index (χ1) is 9.63. The lowest BCUT2D eigenvalue weighted by molar-refractivity contribution is -0.121. The maximum atomic E-state index is 13.2. The van der Waals surface area contributed by atoms with Gasteiger partial charge in [0.1, 0.15) is 5.82 Å². The molecule has 6 heteroatoms. The Labute approximate surface area is 139 Å². The molecule has 0 aliphatic carbocycles. The van der Waals surface area contributed by atoms with Crippen molar-refractivity contribution in [3.8, 4) is 0 Å². The van der Waals surface area contributed by atoms with E-state index in [1.165, 1.54) is 12.1 Å². The molecule has 1 heterocycles. The van der Waals surface area contributed by atoms with Crippen molar-refractivity contribution >= 4 is 34.2 Å². The first kappa shape index (κ1) is 18.4. The molecular formula is C15H21BrClFN2O. The molecule has 0 bridgehead atoms. The summed E-state index contributed by atoms with van der Waals surface area (Å²) in [5.41, 5.74) is 0.770. The average molecular weight is 380 g/mol. The van der Waals surface area contributed by atoms with E-state index in [1.807, 2.05) is 6.07 Å². The fourth-order valence-electron chi connectivity index (χ4n) is 2.51. The van der Waals surface area contributed by atoms with Crippen LogP contribution < -0.4 is 10.6 Å². The molecule has 1 aromatic carbocycles. The summed E-state index contributed by atoms with van der Waals surface area (Å²) in [5, 5.41) is 6.17. The molecule has 1 aliphatic heterocycles. The highest BCUT2D eigenvalue weighted by Crippen LogP contribution is 2.18. The molecule has 21 heavy (non-hydrogen) atoms. The minimum absolute atomic E-state index is 0. The second-order valence-electron chi connectivity index (χ2n) is 5.29. The van der Waals surface area contributed by atoms with Crippen LogP contribution in [0, 0.1) is 11.7 Å². The molecule has 2 rings (SSSR count). The zero-order valence-electron chi connectivity index (χ0n) is 11.8. The molecule has 1 amide bonds. The summed E-state index contributed by atoms with van der Waals surface area (Å²) in [7, 11) is 0. The monoisotopic (exact) mass is 378 g/mol. The highest BCUT2D eigenvalue weighted by atomic mass is 79.9. The highest BCUT2D eigenvalue weighted by molar-refractivity contribution is 9.10. The third-order valence-corrected chi connectivity index (χ3v) is 4.11. The van der Waals surface area contributed by atoms with Crippen LogP contribution in [0.1, 0.15) is 31.2 Å². The maximum absolute atomic E-state index is 13.2. The van der Waals surface area contributed by atoms with Gasteiger partial charge in [-0.1, -0.05) is 15.9 Å². The molecule has 0 aromatic heterocycles. The van der Waals surface area contributed by atoms with E-state index >= 15 is 0 Å². The standard InChI is InChI=1S/C15H20BrFN2O.ClH/c16-13-7-12(8-14(17)9-13)10-19-15(20)2-1-11-3-5-18-6-4-11;/h7-9,11,18H,1-6,10H2,(H,19,20);1H. The number of amides is 1. The Morgan fingerprint density at radius 1 is 1.33 bits per heavy atom. The SMILES string of the molecule is Cl.O=C(CCC1CCNCC1)NCc1cc(F)cc(Br)c1. The van der Waals surface area contributed by atoms with E-state index in [0.29, 0.717) is 23.4 Å². The molecule has 1 aromatic rings. The van der Waals surface area contributed by atoms with E-state index in [0.717, 1.165) is 37.9 Å². The molecule has 1 fully saturated rings. The Kier molecular flexibility index (Phi) is 8.22. The van der Waals surface area contributed by atoms with Crippen LogP contribution in [0.15, 0.2) is 22.7 Å². The number of halogens is 3. The minimum Gasteiger partial charge on any atom is -0.352 e. The van der Waals surface area contributed by atoms with E-state index in [1.54, 1.807) is 0 Å². The third kappa shape index (κ3) is 6.76. The highest BCUT2D eigenvalue weighted by Gasteiger charge is 2.14. The van der Waals surface area contributed by atoms with E-state index < -0.39 is 0 Å². The number of rotatable bonds is 5. The summed E-state index contributed by atoms with van der Waals surface area (Å²) < 4.78 is 13.9. The molecular weight excluding hydrogens is 359 g/mol. The Hall–Kier alpha value is -0.650. The van der Waals surface area contributed by atoms with Gasteiger partial charge < -0.3 is 10.6 Å². The molecule has 0 spiro atoms. The summed E-state index contributed by atoms with van der Waals surface area (Å²) in [6.07, 6.45) is 3.82. The minimum atomic E-state index is -0.293. The second kappa shape index (κ2) is 9.38. The van der Waals surface area contributed by atoms with Crippen LogP contribution in [0.2, 0.25) is 0 Å². The van der Waals surface area contributed by atoms with Crippen LogP contribution in [0.25, 0.3) is 0 Å². The van der Waals surface area contributed by atoms with Crippen molar-refractivity contribution in [3.63, 3.8) is 0 Å². The zero-order chi connectivity index (χ0) is 14.4. The molecule has 118 valence electrons. The smallest absolute Gasteiger partial charge is 0.220 e. The van der Waals surface area contributed by atoms with Crippen molar-refractivity contribution in [2.45, 2.75) is 32.2 Å². The average Bonchev–Trinajstić information content (AvgIpc) is 2.43. The van der Waals surface area contributed by atoms with Gasteiger partial charge in [0.25, 0.3) is 0 Å². The predicted molar refractivity (Wildman–Crippen MR) is 88.0 cm³/mol. The van der Waals surface area contributed by atoms with Crippen LogP contribution in [0.3, 0.4) is 0 Å². The van der Waals surface area contributed by atoms with Crippen molar-refractivity contribution in [1.29, 1.82) is 0 Å². The largest absolute Gasteiger partial charge is 0.352 e. The molecule has 0 saturated carbocycles. The number of carbonyl (C=O) groups excluding carboxylic acids is 1. The Morgan fingerprint density at radius 3 is 2.71 bits per heavy atom. The summed E-state index contributed by atoms with van der Waals surface area (Å²) in [5.74, 6) is 0.410. The molecule has 1 aliphatic rings. The van der Waals surface area contributed by atoms with Crippen molar-refractivity contribution in [2.75, 3.05) is 13.1 Å². The maximum Gasteiger partial charge on any atom is 0.220 e. The first-order valence-corrected chi connectivity index (χ1v) is 7.85. The Morgan fingerprint density at radius 2 is 2.05 bits per heavy atom. The van der Waals surface area contributed by atoms with Crippen LogP contribution >= 0.6 is 28.3 Å². The number of nitrogens with one attached hydrogen (secondary N) is 2. The van der Waals surface area contributed by atoms with Gasteiger partial charge in [0.15, 0.2) is 0 Å². The summed E-state index contributed by atoms with van der Waals surface area (Å²) in [4.78, 5) is 11.8. The number of hydrogen-bond acceptors (Lipinski definition) is 2. The van der Waals surface area contributed by atoms with Crippen molar-refractivity contribution < 1.29 is 9.18 Å². The first-order valence-electron chi connectivity index (χ1n) is 7.06. The van der Waals surface area contributed by atoms with Gasteiger partial charge in [0.2, 0.25) is 5.91 Å². The van der Waals surface area contributed by atoms with Gasteiger partial charge in [-0.15, -0.1) is 12.4 Å². The lowest BCUT2D eigenvalue weighted by atomic mass is 9.93. The van der Waals surface area contributed by atoms with Crippen LogP contribution in [-0.2, 0) is 11.3 Å². The Bertz CT molecular complexity index is 447. The molecule has 0 radical (unpaired) electrons. The Balaban J connectivity index is 0.00000220. The van der Waals surface area contributed by atoms with Gasteiger partial charge in [-0.05, 0) is 62.0 Å². The summed E-state index contributed by atoms with van der Waals surface area (Å²) >= 11 is 3.24. The van der Waals surface area contributed by atoms with Crippen molar-refractivity contribution in [2.24, 2.45) is 5.92 Å². The van der Waals surface area contributed by atoms with Gasteiger partial charge in [-0.3, -0.25) is 4.79 Å². The third-order valence-electron chi connectivity index (χ3n) is 3.65. The number of benzene rings is 1. The van der Waals surface area contributed by atoms with Crippen LogP contribution in [0.5, 0.6) is 0 Å². The quantitative estimate of drug-likeness (QED) is 0.823. The molecule has 2 N–H and O–H groups in total. The lowest BCUT2D eigenvalue weighted by Crippen LogP contribution is -2.29. The topological polar surface area (TPSA) is 41.1 Å². The van der Waals surface area contributed by atoms with Crippen molar-refractivity contribution in [1.82, 2.24) is 10.6 Å². The predicted octanol–water partition coefficient (Wildman–Crippen LogP) is 3.41. The van der Waals surface area contributed by atoms with E-state index in [9.17, 15) is 9.18 Å². The van der Waals surface area contributed by atoms with Gasteiger partial charge in [-0.2, -0.15) is 0 Å². The normalized spacial score (nSPS) is 15.3. The van der Waals surface area contributed by atoms with Gasteiger partial charge in [-0.25, -0.2) is 4.39 Å². The number of hydrogen-bond donors (Lipinski definition) is 2. The zero-order valence-corrected chi connectivity index (χ0v) is 14.2. The molecule has 0 atom stereocenters. The van der Waals surface area contributed by atoms with E-state index in [2.05, 4.69) is 26.6 Å².